The summed E-state index contributed by atoms with van der Waals surface area (Å²) in [7, 11) is 0. The topological polar surface area (TPSA) is 51.2 Å². The molecule has 0 atom stereocenters. The Morgan fingerprint density at radius 2 is 1.60 bits per heavy atom. The molecule has 0 unspecified atom stereocenters. The molecule has 0 bridgehead atoms. The van der Waals surface area contributed by atoms with Gasteiger partial charge in [0.1, 0.15) is 6.54 Å². The Morgan fingerprint density at radius 3 is 2.33 bits per heavy atom. The zero-order valence-corrected chi connectivity index (χ0v) is 17.8. The Hall–Kier alpha value is -3.02. The highest BCUT2D eigenvalue weighted by molar-refractivity contribution is 5.85. The van der Waals surface area contributed by atoms with Crippen molar-refractivity contribution in [2.45, 2.75) is 19.9 Å². The van der Waals surface area contributed by atoms with Gasteiger partial charge in [0.2, 0.25) is 5.91 Å². The molecule has 1 saturated heterocycles. The van der Waals surface area contributed by atoms with Crippen LogP contribution < -0.4 is 10.2 Å². The fraction of sp³-hybridized carbons (Fsp3) is 0.417. The molecule has 0 radical (unpaired) electrons. The molecule has 1 amide bonds. The minimum Gasteiger partial charge on any atom is -0.368 e. The van der Waals surface area contributed by atoms with Crippen molar-refractivity contribution in [2.24, 2.45) is 4.99 Å². The molecule has 4 rings (SSSR count). The van der Waals surface area contributed by atoms with Gasteiger partial charge in [-0.2, -0.15) is 0 Å². The average Bonchev–Trinajstić information content (AvgIpc) is 2.82. The molecule has 0 aromatic heterocycles. The maximum absolute atomic E-state index is 12.8. The number of fused-ring (bicyclic) bond motifs is 1. The van der Waals surface area contributed by atoms with E-state index in [9.17, 15) is 4.79 Å². The fourth-order valence-electron chi connectivity index (χ4n) is 4.19. The zero-order chi connectivity index (χ0) is 20.8. The summed E-state index contributed by atoms with van der Waals surface area (Å²) in [6, 6.07) is 18.9. The second-order valence-electron chi connectivity index (χ2n) is 7.81. The molecule has 1 N–H and O–H groups in total. The number of nitrogens with one attached hydrogen (secondary N) is 1. The predicted octanol–water partition coefficient (Wildman–Crippen LogP) is 2.36. The van der Waals surface area contributed by atoms with Crippen molar-refractivity contribution in [1.29, 1.82) is 0 Å². The number of piperazine rings is 1. The van der Waals surface area contributed by atoms with Crippen LogP contribution in [0.2, 0.25) is 0 Å². The molecule has 2 aromatic rings. The maximum atomic E-state index is 12.8. The van der Waals surface area contributed by atoms with Gasteiger partial charge in [0, 0.05) is 51.5 Å². The van der Waals surface area contributed by atoms with E-state index in [1.54, 1.807) is 0 Å². The van der Waals surface area contributed by atoms with Crippen molar-refractivity contribution in [3.05, 3.63) is 65.7 Å². The number of hydrogen-bond acceptors (Lipinski definition) is 3. The first-order valence-electron chi connectivity index (χ1n) is 10.9. The van der Waals surface area contributed by atoms with Crippen LogP contribution in [0.1, 0.15) is 18.1 Å². The highest BCUT2D eigenvalue weighted by Crippen LogP contribution is 2.19. The first-order valence-corrected chi connectivity index (χ1v) is 10.9. The molecule has 0 saturated carbocycles. The molecular formula is C24H31N5O. The third-order valence-electron chi connectivity index (χ3n) is 5.88. The molecule has 6 heteroatoms. The number of carbonyl (C=O) groups is 1. The Labute approximate surface area is 179 Å². The number of nitrogens with zero attached hydrogens (tertiary/aromatic N) is 4. The number of carbonyl (C=O) groups excluding carboxylic acids is 1. The molecule has 2 aromatic carbocycles. The standard InChI is InChI=1S/C24H31N5O/c1-2-25-24(28-16-14-27(15-17-28)22-10-4-3-5-11-22)26-18-23(30)29-13-12-20-8-6-7-9-21(20)19-29/h3-11H,2,12-19H2,1H3,(H,25,26). The van der Waals surface area contributed by atoms with Gasteiger partial charge in [0.25, 0.3) is 0 Å². The first-order chi connectivity index (χ1) is 14.7. The summed E-state index contributed by atoms with van der Waals surface area (Å²) >= 11 is 0. The number of hydrogen-bond donors (Lipinski definition) is 1. The number of guanidine groups is 1. The third kappa shape index (κ3) is 4.75. The van der Waals surface area contributed by atoms with Crippen molar-refractivity contribution < 1.29 is 4.79 Å². The van der Waals surface area contributed by atoms with Crippen LogP contribution in [0.25, 0.3) is 0 Å². The lowest BCUT2D eigenvalue weighted by atomic mass is 10.00. The summed E-state index contributed by atoms with van der Waals surface area (Å²) in [4.78, 5) is 24.1. The monoisotopic (exact) mass is 405 g/mol. The molecule has 2 aliphatic heterocycles. The molecule has 158 valence electrons. The Bertz CT molecular complexity index is 874. The largest absolute Gasteiger partial charge is 0.368 e. The van der Waals surface area contributed by atoms with Crippen molar-refractivity contribution in [3.63, 3.8) is 0 Å². The highest BCUT2D eigenvalue weighted by atomic mass is 16.2. The molecule has 0 spiro atoms. The number of aliphatic imine (C=N–C) groups is 1. The fourth-order valence-corrected chi connectivity index (χ4v) is 4.19. The molecule has 2 heterocycles. The number of rotatable bonds is 4. The van der Waals surface area contributed by atoms with Gasteiger partial charge in [0.05, 0.1) is 0 Å². The lowest BCUT2D eigenvalue weighted by Crippen LogP contribution is -2.52. The van der Waals surface area contributed by atoms with Crippen LogP contribution in [0, 0.1) is 0 Å². The second-order valence-corrected chi connectivity index (χ2v) is 7.81. The van der Waals surface area contributed by atoms with Crippen molar-refractivity contribution in [1.82, 2.24) is 15.1 Å². The average molecular weight is 406 g/mol. The van der Waals surface area contributed by atoms with Crippen molar-refractivity contribution >= 4 is 17.6 Å². The van der Waals surface area contributed by atoms with Crippen LogP contribution in [-0.4, -0.2) is 67.5 Å². The molecule has 0 aliphatic carbocycles. The Kier molecular flexibility index (Phi) is 6.52. The van der Waals surface area contributed by atoms with E-state index >= 15 is 0 Å². The summed E-state index contributed by atoms with van der Waals surface area (Å²) in [6.07, 6.45) is 0.924. The van der Waals surface area contributed by atoms with Gasteiger partial charge in [0.15, 0.2) is 5.96 Å². The summed E-state index contributed by atoms with van der Waals surface area (Å²) in [6.45, 7) is 8.22. The molecular weight excluding hydrogens is 374 g/mol. The lowest BCUT2D eigenvalue weighted by Gasteiger charge is -2.37. The van der Waals surface area contributed by atoms with Gasteiger partial charge in [-0.3, -0.25) is 4.79 Å². The normalized spacial score (nSPS) is 17.0. The van der Waals surface area contributed by atoms with E-state index in [1.807, 2.05) is 17.0 Å². The van der Waals surface area contributed by atoms with E-state index in [0.29, 0.717) is 6.54 Å². The summed E-state index contributed by atoms with van der Waals surface area (Å²) in [5.74, 6) is 0.943. The summed E-state index contributed by atoms with van der Waals surface area (Å²) < 4.78 is 0. The van der Waals surface area contributed by atoms with Gasteiger partial charge in [-0.05, 0) is 36.6 Å². The summed E-state index contributed by atoms with van der Waals surface area (Å²) in [5, 5.41) is 3.37. The maximum Gasteiger partial charge on any atom is 0.244 e. The van der Waals surface area contributed by atoms with Crippen LogP contribution in [0.3, 0.4) is 0 Å². The Balaban J connectivity index is 1.34. The van der Waals surface area contributed by atoms with Crippen LogP contribution in [0.5, 0.6) is 0 Å². The quantitative estimate of drug-likeness (QED) is 0.627. The molecule has 2 aliphatic rings. The van der Waals surface area contributed by atoms with Crippen LogP contribution >= 0.6 is 0 Å². The minimum absolute atomic E-state index is 0.0998. The molecule has 1 fully saturated rings. The number of benzene rings is 2. The smallest absolute Gasteiger partial charge is 0.244 e. The lowest BCUT2D eigenvalue weighted by molar-refractivity contribution is -0.130. The number of anilines is 1. The minimum atomic E-state index is 0.0998. The van der Waals surface area contributed by atoms with Crippen molar-refractivity contribution in [2.75, 3.05) is 50.7 Å². The van der Waals surface area contributed by atoms with Gasteiger partial charge in [-0.15, -0.1) is 0 Å². The summed E-state index contributed by atoms with van der Waals surface area (Å²) in [5.41, 5.74) is 3.87. The van der Waals surface area contributed by atoms with E-state index in [1.165, 1.54) is 16.8 Å². The van der Waals surface area contributed by atoms with Gasteiger partial charge in [-0.25, -0.2) is 4.99 Å². The van der Waals surface area contributed by atoms with E-state index in [-0.39, 0.29) is 12.5 Å². The first kappa shape index (κ1) is 20.3. The van der Waals surface area contributed by atoms with E-state index in [0.717, 1.165) is 51.6 Å². The molecule has 6 nitrogen and oxygen atoms in total. The van der Waals surface area contributed by atoms with Gasteiger partial charge < -0.3 is 20.0 Å². The van der Waals surface area contributed by atoms with E-state index in [4.69, 9.17) is 0 Å². The zero-order valence-electron chi connectivity index (χ0n) is 17.8. The number of para-hydroxylation sites is 1. The highest BCUT2D eigenvalue weighted by Gasteiger charge is 2.22. The SMILES string of the molecule is CCNC(=NCC(=O)N1CCc2ccccc2C1)N1CCN(c2ccccc2)CC1. The molecule has 30 heavy (non-hydrogen) atoms. The van der Waals surface area contributed by atoms with Crippen LogP contribution in [0.4, 0.5) is 5.69 Å². The van der Waals surface area contributed by atoms with Gasteiger partial charge in [-0.1, -0.05) is 42.5 Å². The van der Waals surface area contributed by atoms with E-state index in [2.05, 4.69) is 69.5 Å². The number of amides is 1. The Morgan fingerprint density at radius 1 is 0.900 bits per heavy atom. The van der Waals surface area contributed by atoms with E-state index < -0.39 is 0 Å². The second kappa shape index (κ2) is 9.65. The van der Waals surface area contributed by atoms with Crippen LogP contribution in [-0.2, 0) is 17.8 Å². The van der Waals surface area contributed by atoms with Gasteiger partial charge >= 0.3 is 0 Å². The van der Waals surface area contributed by atoms with Crippen LogP contribution in [0.15, 0.2) is 59.6 Å². The third-order valence-corrected chi connectivity index (χ3v) is 5.88. The van der Waals surface area contributed by atoms with Crippen molar-refractivity contribution in [3.8, 4) is 0 Å². The predicted molar refractivity (Wildman–Crippen MR) is 122 cm³/mol.